The van der Waals surface area contributed by atoms with Gasteiger partial charge in [0, 0.05) is 29.7 Å². The largest absolute Gasteiger partial charge is 0.506 e. The van der Waals surface area contributed by atoms with Gasteiger partial charge in [-0.3, -0.25) is 0 Å². The summed E-state index contributed by atoms with van der Waals surface area (Å²) in [5, 5.41) is 14.2. The molecular weight excluding hydrogens is 271 g/mol. The minimum atomic E-state index is 0.123. The first-order valence-electron chi connectivity index (χ1n) is 6.15. The van der Waals surface area contributed by atoms with Crippen molar-refractivity contribution in [2.75, 3.05) is 20.1 Å². The summed E-state index contributed by atoms with van der Waals surface area (Å²) in [6.07, 6.45) is 2.37. The predicted octanol–water partition coefficient (Wildman–Crippen LogP) is 2.88. The van der Waals surface area contributed by atoms with Crippen LogP contribution < -0.4 is 5.32 Å². The van der Waals surface area contributed by atoms with E-state index in [-0.39, 0.29) is 5.75 Å². The first-order valence-corrected chi connectivity index (χ1v) is 6.90. The molecule has 0 amide bonds. The van der Waals surface area contributed by atoms with E-state index in [1.807, 2.05) is 0 Å². The summed E-state index contributed by atoms with van der Waals surface area (Å²) in [6.45, 7) is 2.78. The third-order valence-electron chi connectivity index (χ3n) is 3.31. The van der Waals surface area contributed by atoms with Gasteiger partial charge in [0.15, 0.2) is 0 Å². The molecule has 100 valence electrons. The van der Waals surface area contributed by atoms with Gasteiger partial charge in [0.05, 0.1) is 5.02 Å². The number of halogens is 2. The van der Waals surface area contributed by atoms with Crippen molar-refractivity contribution in [3.05, 3.63) is 27.7 Å². The molecule has 1 aliphatic rings. The highest BCUT2D eigenvalue weighted by atomic mass is 35.5. The topological polar surface area (TPSA) is 35.5 Å². The lowest BCUT2D eigenvalue weighted by Gasteiger charge is -2.30. The fraction of sp³-hybridized carbons (Fsp3) is 0.538. The number of likely N-dealkylation sites (N-methyl/N-ethyl adjacent to an activating group) is 1. The molecular formula is C13H18Cl2N2O. The van der Waals surface area contributed by atoms with Crippen LogP contribution in [0.2, 0.25) is 10.0 Å². The molecule has 0 spiro atoms. The molecule has 5 heteroatoms. The Morgan fingerprint density at radius 1 is 1.44 bits per heavy atom. The van der Waals surface area contributed by atoms with Crippen LogP contribution in [0.3, 0.4) is 0 Å². The standard InChI is InChI=1S/C13H18Cl2N2O/c1-17-4-2-3-11(8-17)16-7-9-5-10(14)6-12(15)13(9)18/h5-6,11,16,18H,2-4,7-8H2,1H3. The number of rotatable bonds is 3. The highest BCUT2D eigenvalue weighted by Gasteiger charge is 2.17. The van der Waals surface area contributed by atoms with Crippen LogP contribution in [-0.2, 0) is 6.54 Å². The zero-order chi connectivity index (χ0) is 13.1. The average molecular weight is 289 g/mol. The Morgan fingerprint density at radius 3 is 2.94 bits per heavy atom. The van der Waals surface area contributed by atoms with Gasteiger partial charge in [-0.2, -0.15) is 0 Å². The number of hydrogen-bond acceptors (Lipinski definition) is 3. The quantitative estimate of drug-likeness (QED) is 0.898. The van der Waals surface area contributed by atoms with E-state index >= 15 is 0 Å². The van der Waals surface area contributed by atoms with Crippen LogP contribution in [0, 0.1) is 0 Å². The van der Waals surface area contributed by atoms with Gasteiger partial charge in [0.25, 0.3) is 0 Å². The second-order valence-corrected chi connectivity index (χ2v) is 5.72. The molecule has 1 aliphatic heterocycles. The van der Waals surface area contributed by atoms with Gasteiger partial charge in [-0.15, -0.1) is 0 Å². The van der Waals surface area contributed by atoms with E-state index < -0.39 is 0 Å². The molecule has 0 radical (unpaired) electrons. The van der Waals surface area contributed by atoms with E-state index in [1.54, 1.807) is 12.1 Å². The van der Waals surface area contributed by atoms with Crippen LogP contribution in [0.15, 0.2) is 12.1 Å². The van der Waals surface area contributed by atoms with E-state index in [0.29, 0.717) is 22.6 Å². The molecule has 0 saturated carbocycles. The monoisotopic (exact) mass is 288 g/mol. The number of benzene rings is 1. The molecule has 1 aromatic carbocycles. The molecule has 0 aromatic heterocycles. The van der Waals surface area contributed by atoms with Crippen molar-refractivity contribution in [2.45, 2.75) is 25.4 Å². The van der Waals surface area contributed by atoms with Crippen LogP contribution in [0.25, 0.3) is 0 Å². The first-order chi connectivity index (χ1) is 8.56. The fourth-order valence-corrected chi connectivity index (χ4v) is 2.88. The lowest BCUT2D eigenvalue weighted by Crippen LogP contribution is -2.43. The number of phenols is 1. The van der Waals surface area contributed by atoms with Gasteiger partial charge in [0.1, 0.15) is 5.75 Å². The third kappa shape index (κ3) is 3.51. The van der Waals surface area contributed by atoms with E-state index in [1.165, 1.54) is 12.8 Å². The maximum absolute atomic E-state index is 9.86. The minimum absolute atomic E-state index is 0.123. The normalized spacial score (nSPS) is 21.2. The summed E-state index contributed by atoms with van der Waals surface area (Å²) in [6, 6.07) is 3.76. The second-order valence-electron chi connectivity index (χ2n) is 4.88. The number of phenolic OH excluding ortho intramolecular Hbond substituents is 1. The Hall–Kier alpha value is -0.480. The Balaban J connectivity index is 1.97. The highest BCUT2D eigenvalue weighted by Crippen LogP contribution is 2.31. The van der Waals surface area contributed by atoms with E-state index in [4.69, 9.17) is 23.2 Å². The molecule has 1 heterocycles. The van der Waals surface area contributed by atoms with E-state index in [9.17, 15) is 5.11 Å². The molecule has 2 N–H and O–H groups in total. The summed E-state index contributed by atoms with van der Waals surface area (Å²) >= 11 is 11.8. The zero-order valence-corrected chi connectivity index (χ0v) is 11.9. The van der Waals surface area contributed by atoms with Gasteiger partial charge in [-0.05, 0) is 38.6 Å². The van der Waals surface area contributed by atoms with Crippen molar-refractivity contribution in [2.24, 2.45) is 0 Å². The van der Waals surface area contributed by atoms with Gasteiger partial charge < -0.3 is 15.3 Å². The van der Waals surface area contributed by atoms with Crippen molar-refractivity contribution in [3.63, 3.8) is 0 Å². The van der Waals surface area contributed by atoms with Gasteiger partial charge in [0.2, 0.25) is 0 Å². The third-order valence-corrected chi connectivity index (χ3v) is 3.82. The number of hydrogen-bond donors (Lipinski definition) is 2. The molecule has 1 saturated heterocycles. The number of nitrogens with zero attached hydrogens (tertiary/aromatic N) is 1. The maximum atomic E-state index is 9.86. The maximum Gasteiger partial charge on any atom is 0.138 e. The second kappa shape index (κ2) is 6.11. The molecule has 1 atom stereocenters. The molecule has 1 fully saturated rings. The van der Waals surface area contributed by atoms with Crippen LogP contribution in [0.4, 0.5) is 0 Å². The summed E-state index contributed by atoms with van der Waals surface area (Å²) in [5.74, 6) is 0.123. The lowest BCUT2D eigenvalue weighted by atomic mass is 10.1. The Bertz CT molecular complexity index is 426. The Morgan fingerprint density at radius 2 is 2.22 bits per heavy atom. The average Bonchev–Trinajstić information content (AvgIpc) is 2.32. The Kier molecular flexibility index (Phi) is 4.73. The van der Waals surface area contributed by atoms with Crippen molar-refractivity contribution in [1.29, 1.82) is 0 Å². The number of piperidine rings is 1. The van der Waals surface area contributed by atoms with Crippen molar-refractivity contribution in [3.8, 4) is 5.75 Å². The van der Waals surface area contributed by atoms with Gasteiger partial charge in [-0.1, -0.05) is 23.2 Å². The number of likely N-dealkylation sites (tertiary alicyclic amines) is 1. The van der Waals surface area contributed by atoms with Crippen LogP contribution >= 0.6 is 23.2 Å². The number of nitrogens with one attached hydrogen (secondary N) is 1. The smallest absolute Gasteiger partial charge is 0.138 e. The van der Waals surface area contributed by atoms with E-state index in [0.717, 1.165) is 18.7 Å². The van der Waals surface area contributed by atoms with Gasteiger partial charge in [-0.25, -0.2) is 0 Å². The fourth-order valence-electron chi connectivity index (χ4n) is 2.34. The van der Waals surface area contributed by atoms with Crippen molar-refractivity contribution >= 4 is 23.2 Å². The summed E-state index contributed by atoms with van der Waals surface area (Å²) in [7, 11) is 2.13. The van der Waals surface area contributed by atoms with Crippen LogP contribution in [-0.4, -0.2) is 36.2 Å². The van der Waals surface area contributed by atoms with Crippen molar-refractivity contribution < 1.29 is 5.11 Å². The number of aromatic hydroxyl groups is 1. The first kappa shape index (κ1) is 13.9. The predicted molar refractivity (Wildman–Crippen MR) is 75.5 cm³/mol. The van der Waals surface area contributed by atoms with Gasteiger partial charge >= 0.3 is 0 Å². The summed E-state index contributed by atoms with van der Waals surface area (Å²) < 4.78 is 0. The highest BCUT2D eigenvalue weighted by molar-refractivity contribution is 6.35. The lowest BCUT2D eigenvalue weighted by molar-refractivity contribution is 0.226. The Labute approximate surface area is 118 Å². The molecule has 0 bridgehead atoms. The molecule has 1 aromatic rings. The minimum Gasteiger partial charge on any atom is -0.506 e. The molecule has 3 nitrogen and oxygen atoms in total. The SMILES string of the molecule is CN1CCCC(NCc2cc(Cl)cc(Cl)c2O)C1. The zero-order valence-electron chi connectivity index (χ0n) is 10.4. The molecule has 1 unspecified atom stereocenters. The molecule has 2 rings (SSSR count). The van der Waals surface area contributed by atoms with E-state index in [2.05, 4.69) is 17.3 Å². The summed E-state index contributed by atoms with van der Waals surface area (Å²) in [5.41, 5.74) is 0.751. The van der Waals surface area contributed by atoms with Crippen molar-refractivity contribution in [1.82, 2.24) is 10.2 Å². The van der Waals surface area contributed by atoms with Crippen LogP contribution in [0.5, 0.6) is 5.75 Å². The van der Waals surface area contributed by atoms with Crippen LogP contribution in [0.1, 0.15) is 18.4 Å². The molecule has 0 aliphatic carbocycles. The summed E-state index contributed by atoms with van der Waals surface area (Å²) in [4.78, 5) is 2.31. The molecule has 18 heavy (non-hydrogen) atoms.